The van der Waals surface area contributed by atoms with Crippen LogP contribution >= 0.6 is 11.6 Å². The Morgan fingerprint density at radius 2 is 1.77 bits per heavy atom. The molecule has 4 rings (SSSR count). The summed E-state index contributed by atoms with van der Waals surface area (Å²) in [5.41, 5.74) is 3.10. The number of hydrogen-bond donors (Lipinski definition) is 0. The van der Waals surface area contributed by atoms with Crippen LogP contribution in [0.25, 0.3) is 11.1 Å². The van der Waals surface area contributed by atoms with Crippen molar-refractivity contribution in [2.45, 2.75) is 38.8 Å². The monoisotopic (exact) mass is 426 g/mol. The molecule has 6 heteroatoms. The van der Waals surface area contributed by atoms with Crippen molar-refractivity contribution in [1.82, 2.24) is 4.98 Å². The maximum atomic E-state index is 14.1. The fourth-order valence-corrected chi connectivity index (χ4v) is 3.92. The van der Waals surface area contributed by atoms with Gasteiger partial charge in [0.05, 0.1) is 17.7 Å². The van der Waals surface area contributed by atoms with E-state index in [0.29, 0.717) is 29.5 Å². The van der Waals surface area contributed by atoms with E-state index in [1.54, 1.807) is 6.20 Å². The molecule has 0 fully saturated rings. The lowest BCUT2D eigenvalue weighted by molar-refractivity contribution is 0.232. The first-order valence-corrected chi connectivity index (χ1v) is 10.2. The predicted molar refractivity (Wildman–Crippen MR) is 115 cm³/mol. The molecule has 0 N–H and O–H groups in total. The molecule has 0 bridgehead atoms. The van der Waals surface area contributed by atoms with Crippen LogP contribution in [0.2, 0.25) is 5.02 Å². The molecule has 2 aromatic carbocycles. The Balaban J connectivity index is 1.57. The Labute approximate surface area is 179 Å². The van der Waals surface area contributed by atoms with Crippen LogP contribution in [0.1, 0.15) is 43.9 Å². The van der Waals surface area contributed by atoms with Crippen LogP contribution in [0.4, 0.5) is 8.78 Å². The summed E-state index contributed by atoms with van der Waals surface area (Å²) in [5, 5.41) is 0.569. The minimum absolute atomic E-state index is 0.0393. The van der Waals surface area contributed by atoms with Crippen LogP contribution in [-0.4, -0.2) is 16.8 Å². The smallest absolute Gasteiger partial charge is 0.213 e. The SMILES string of the molecule is CC(C)Oc1ccc(-c2ccc([C@H]3CCC(c4c(F)cccc4F)=N3)c(Cl)c2)cn1. The Morgan fingerprint density at radius 3 is 2.40 bits per heavy atom. The highest BCUT2D eigenvalue weighted by atomic mass is 35.5. The normalized spacial score (nSPS) is 16.1. The zero-order chi connectivity index (χ0) is 21.3. The van der Waals surface area contributed by atoms with Crippen LogP contribution in [-0.2, 0) is 0 Å². The first-order valence-electron chi connectivity index (χ1n) is 9.86. The topological polar surface area (TPSA) is 34.5 Å². The Morgan fingerprint density at radius 1 is 1.03 bits per heavy atom. The third-order valence-corrected chi connectivity index (χ3v) is 5.33. The molecule has 0 spiro atoms. The number of halogens is 3. The van der Waals surface area contributed by atoms with Crippen LogP contribution in [0.3, 0.4) is 0 Å². The number of rotatable bonds is 5. The minimum atomic E-state index is -0.590. The Kier molecular flexibility index (Phi) is 5.82. The number of aliphatic imine (C=N–C) groups is 1. The third kappa shape index (κ3) is 4.21. The Bertz CT molecular complexity index is 1080. The molecule has 1 aliphatic rings. The quantitative estimate of drug-likeness (QED) is 0.450. The zero-order valence-electron chi connectivity index (χ0n) is 16.7. The molecule has 154 valence electrons. The number of benzene rings is 2. The molecule has 3 aromatic rings. The van der Waals surface area contributed by atoms with Crippen molar-refractivity contribution < 1.29 is 13.5 Å². The maximum Gasteiger partial charge on any atom is 0.213 e. The van der Waals surface area contributed by atoms with Gasteiger partial charge in [-0.2, -0.15) is 0 Å². The molecular weight excluding hydrogens is 406 g/mol. The molecule has 0 saturated carbocycles. The van der Waals surface area contributed by atoms with E-state index < -0.39 is 11.6 Å². The lowest BCUT2D eigenvalue weighted by Gasteiger charge is -2.12. The van der Waals surface area contributed by atoms with Crippen molar-refractivity contribution >= 4 is 17.3 Å². The van der Waals surface area contributed by atoms with Crippen LogP contribution in [0.15, 0.2) is 59.7 Å². The second kappa shape index (κ2) is 8.52. The van der Waals surface area contributed by atoms with Gasteiger partial charge in [0.15, 0.2) is 0 Å². The van der Waals surface area contributed by atoms with Crippen LogP contribution in [0, 0.1) is 11.6 Å². The number of aromatic nitrogens is 1. The van der Waals surface area contributed by atoms with Gasteiger partial charge < -0.3 is 4.74 Å². The van der Waals surface area contributed by atoms with E-state index in [2.05, 4.69) is 9.98 Å². The maximum absolute atomic E-state index is 14.1. The van der Waals surface area contributed by atoms with Crippen LogP contribution < -0.4 is 4.74 Å². The fraction of sp³-hybridized carbons (Fsp3) is 0.250. The van der Waals surface area contributed by atoms with Gasteiger partial charge >= 0.3 is 0 Å². The fourth-order valence-electron chi connectivity index (χ4n) is 3.62. The molecule has 1 aliphatic heterocycles. The summed E-state index contributed by atoms with van der Waals surface area (Å²) in [5.74, 6) is -0.605. The van der Waals surface area contributed by atoms with Crippen molar-refractivity contribution in [3.8, 4) is 17.0 Å². The van der Waals surface area contributed by atoms with E-state index in [9.17, 15) is 8.78 Å². The summed E-state index contributed by atoms with van der Waals surface area (Å²) in [6, 6.07) is 13.1. The van der Waals surface area contributed by atoms with E-state index in [-0.39, 0.29) is 17.7 Å². The van der Waals surface area contributed by atoms with Gasteiger partial charge in [0.2, 0.25) is 5.88 Å². The summed E-state index contributed by atoms with van der Waals surface area (Å²) in [4.78, 5) is 8.90. The highest BCUT2D eigenvalue weighted by Gasteiger charge is 2.25. The van der Waals surface area contributed by atoms with Gasteiger partial charge in [-0.1, -0.05) is 29.8 Å². The van der Waals surface area contributed by atoms with Crippen LogP contribution in [0.5, 0.6) is 5.88 Å². The van der Waals surface area contributed by atoms with E-state index in [4.69, 9.17) is 16.3 Å². The van der Waals surface area contributed by atoms with Gasteiger partial charge in [-0.3, -0.25) is 4.99 Å². The predicted octanol–water partition coefficient (Wildman–Crippen LogP) is 6.79. The molecule has 30 heavy (non-hydrogen) atoms. The standard InChI is InChI=1S/C24H21ClF2N2O/c1-14(2)30-23-11-7-16(13-28-23)15-6-8-17(18(25)12-15)21-9-10-22(29-21)24-19(26)4-3-5-20(24)27/h3-8,11-14,21H,9-10H2,1-2H3/t21-/m1/s1. The van der Waals surface area contributed by atoms with E-state index >= 15 is 0 Å². The summed E-state index contributed by atoms with van der Waals surface area (Å²) >= 11 is 6.55. The van der Waals surface area contributed by atoms with Crippen molar-refractivity contribution in [2.75, 3.05) is 0 Å². The second-order valence-electron chi connectivity index (χ2n) is 7.51. The van der Waals surface area contributed by atoms with Gasteiger partial charge in [0.25, 0.3) is 0 Å². The molecular formula is C24H21ClF2N2O. The summed E-state index contributed by atoms with van der Waals surface area (Å²) < 4.78 is 33.7. The van der Waals surface area contributed by atoms with Gasteiger partial charge in [0, 0.05) is 28.6 Å². The highest BCUT2D eigenvalue weighted by molar-refractivity contribution is 6.31. The lowest BCUT2D eigenvalue weighted by Crippen LogP contribution is -2.06. The summed E-state index contributed by atoms with van der Waals surface area (Å²) in [7, 11) is 0. The van der Waals surface area contributed by atoms with Gasteiger partial charge in [-0.25, -0.2) is 13.8 Å². The number of nitrogens with zero attached hydrogens (tertiary/aromatic N) is 2. The molecule has 0 amide bonds. The summed E-state index contributed by atoms with van der Waals surface area (Å²) in [6.45, 7) is 3.90. The molecule has 0 unspecified atom stereocenters. The van der Waals surface area contributed by atoms with Crippen molar-refractivity contribution in [3.05, 3.63) is 82.5 Å². The average molecular weight is 427 g/mol. The first-order chi connectivity index (χ1) is 14.4. The van der Waals surface area contributed by atoms with E-state index in [1.165, 1.54) is 18.2 Å². The van der Waals surface area contributed by atoms with Crippen molar-refractivity contribution in [3.63, 3.8) is 0 Å². The molecule has 0 aliphatic carbocycles. The van der Waals surface area contributed by atoms with Gasteiger partial charge in [-0.05, 0) is 62.1 Å². The van der Waals surface area contributed by atoms with E-state index in [0.717, 1.165) is 16.7 Å². The second-order valence-corrected chi connectivity index (χ2v) is 7.92. The molecule has 0 radical (unpaired) electrons. The Hall–Kier alpha value is -2.79. The van der Waals surface area contributed by atoms with Gasteiger partial charge in [-0.15, -0.1) is 0 Å². The molecule has 3 nitrogen and oxygen atoms in total. The zero-order valence-corrected chi connectivity index (χ0v) is 17.5. The number of pyridine rings is 1. The van der Waals surface area contributed by atoms with Gasteiger partial charge in [0.1, 0.15) is 11.6 Å². The first kappa shape index (κ1) is 20.5. The molecule has 1 atom stereocenters. The molecule has 2 heterocycles. The van der Waals surface area contributed by atoms with Crippen molar-refractivity contribution in [2.24, 2.45) is 4.99 Å². The van der Waals surface area contributed by atoms with E-state index in [1.807, 2.05) is 44.2 Å². The largest absolute Gasteiger partial charge is 0.475 e. The highest BCUT2D eigenvalue weighted by Crippen LogP contribution is 2.37. The van der Waals surface area contributed by atoms with Crippen molar-refractivity contribution in [1.29, 1.82) is 0 Å². The molecule has 1 aromatic heterocycles. The number of hydrogen-bond acceptors (Lipinski definition) is 3. The summed E-state index contributed by atoms with van der Waals surface area (Å²) in [6.07, 6.45) is 2.97. The number of ether oxygens (including phenoxy) is 1. The molecule has 0 saturated heterocycles. The lowest BCUT2D eigenvalue weighted by atomic mass is 9.99. The average Bonchev–Trinajstić information content (AvgIpc) is 3.17. The third-order valence-electron chi connectivity index (χ3n) is 5.00. The minimum Gasteiger partial charge on any atom is -0.475 e.